The maximum Gasteiger partial charge on any atom is -0.00149 e. The van der Waals surface area contributed by atoms with Gasteiger partial charge < -0.3 is 0 Å². The zero-order chi connectivity index (χ0) is 8.39. The average Bonchev–Trinajstić information content (AvgIpc) is 2.53. The van der Waals surface area contributed by atoms with E-state index in [2.05, 4.69) is 49.4 Å². The molecular formula is C11H13P. The molecule has 1 aliphatic rings. The van der Waals surface area contributed by atoms with Gasteiger partial charge in [0.15, 0.2) is 0 Å². The van der Waals surface area contributed by atoms with E-state index in [4.69, 9.17) is 0 Å². The van der Waals surface area contributed by atoms with E-state index in [9.17, 15) is 0 Å². The molecule has 0 saturated heterocycles. The summed E-state index contributed by atoms with van der Waals surface area (Å²) >= 11 is 0. The van der Waals surface area contributed by atoms with Crippen molar-refractivity contribution in [1.29, 1.82) is 0 Å². The van der Waals surface area contributed by atoms with E-state index in [-0.39, 0.29) is 7.92 Å². The smallest absolute Gasteiger partial charge is 0.00149 e. The minimum absolute atomic E-state index is 0.0874. The first-order valence-corrected chi connectivity index (χ1v) is 5.96. The van der Waals surface area contributed by atoms with E-state index in [1.54, 1.807) is 5.30 Å². The van der Waals surface area contributed by atoms with Crippen LogP contribution in [0.1, 0.15) is 6.92 Å². The summed E-state index contributed by atoms with van der Waals surface area (Å²) in [5.74, 6) is 0. The average molecular weight is 176 g/mol. The maximum atomic E-state index is 2.35. The summed E-state index contributed by atoms with van der Waals surface area (Å²) in [6.07, 6.45) is 5.95. The monoisotopic (exact) mass is 176 g/mol. The Balaban J connectivity index is 2.22. The lowest BCUT2D eigenvalue weighted by molar-refractivity contribution is 1.25. The van der Waals surface area contributed by atoms with Gasteiger partial charge in [-0.25, -0.2) is 0 Å². The Hall–Kier alpha value is -0.610. The molecule has 1 aromatic rings. The molecule has 0 aliphatic carbocycles. The van der Waals surface area contributed by atoms with Gasteiger partial charge >= 0.3 is 0 Å². The van der Waals surface area contributed by atoms with Crippen LogP contribution < -0.4 is 5.30 Å². The molecule has 0 fully saturated rings. The van der Waals surface area contributed by atoms with Crippen molar-refractivity contribution in [3.05, 3.63) is 42.5 Å². The zero-order valence-corrected chi connectivity index (χ0v) is 8.17. The van der Waals surface area contributed by atoms with Gasteiger partial charge in [-0.1, -0.05) is 57.3 Å². The molecule has 0 radical (unpaired) electrons. The summed E-state index contributed by atoms with van der Waals surface area (Å²) in [5, 5.41) is 1.55. The molecule has 0 saturated carbocycles. The molecule has 1 aromatic carbocycles. The molecule has 1 heteroatoms. The second-order valence-corrected chi connectivity index (χ2v) is 5.79. The topological polar surface area (TPSA) is 0 Å². The van der Waals surface area contributed by atoms with Gasteiger partial charge in [0.05, 0.1) is 0 Å². The fraction of sp³-hybridized carbons (Fsp3) is 0.273. The van der Waals surface area contributed by atoms with Gasteiger partial charge in [0.2, 0.25) is 0 Å². The Morgan fingerprint density at radius 3 is 2.58 bits per heavy atom. The third-order valence-electron chi connectivity index (χ3n) is 2.30. The minimum atomic E-state index is 0.0874. The molecule has 0 N–H and O–H groups in total. The molecule has 12 heavy (non-hydrogen) atoms. The summed E-state index contributed by atoms with van der Waals surface area (Å²) in [4.78, 5) is 0. The number of hydrogen-bond donors (Lipinski definition) is 0. The van der Waals surface area contributed by atoms with Crippen LogP contribution in [0.5, 0.6) is 0 Å². The number of allylic oxidation sites excluding steroid dienone is 2. The van der Waals surface area contributed by atoms with Crippen LogP contribution in [-0.4, -0.2) is 11.8 Å². The van der Waals surface area contributed by atoms with Gasteiger partial charge in [0, 0.05) is 0 Å². The highest BCUT2D eigenvalue weighted by molar-refractivity contribution is 7.67. The van der Waals surface area contributed by atoms with Crippen molar-refractivity contribution in [2.45, 2.75) is 12.6 Å². The van der Waals surface area contributed by atoms with Crippen molar-refractivity contribution in [3.8, 4) is 0 Å². The van der Waals surface area contributed by atoms with E-state index < -0.39 is 0 Å². The summed E-state index contributed by atoms with van der Waals surface area (Å²) in [6, 6.07) is 10.9. The van der Waals surface area contributed by atoms with Gasteiger partial charge in [-0.15, -0.1) is 0 Å². The van der Waals surface area contributed by atoms with Crippen molar-refractivity contribution < 1.29 is 0 Å². The predicted octanol–water partition coefficient (Wildman–Crippen LogP) is 2.75. The first-order valence-electron chi connectivity index (χ1n) is 4.36. The number of rotatable bonds is 1. The van der Waals surface area contributed by atoms with Crippen LogP contribution in [0, 0.1) is 0 Å². The highest BCUT2D eigenvalue weighted by Gasteiger charge is 2.18. The lowest BCUT2D eigenvalue weighted by Crippen LogP contribution is -2.06. The molecule has 0 spiro atoms. The highest BCUT2D eigenvalue weighted by atomic mass is 31.1. The maximum absolute atomic E-state index is 2.35. The van der Waals surface area contributed by atoms with E-state index in [1.165, 1.54) is 6.16 Å². The van der Waals surface area contributed by atoms with Gasteiger partial charge in [0.25, 0.3) is 0 Å². The first-order chi connectivity index (χ1) is 5.88. The Kier molecular flexibility index (Phi) is 2.28. The van der Waals surface area contributed by atoms with Crippen molar-refractivity contribution >= 4 is 13.2 Å². The summed E-state index contributed by atoms with van der Waals surface area (Å²) in [7, 11) is 0.0874. The molecular weight excluding hydrogens is 163 g/mol. The largest absolute Gasteiger partial charge is 0.0833 e. The fourth-order valence-corrected chi connectivity index (χ4v) is 3.85. The Labute approximate surface area is 75.1 Å². The van der Waals surface area contributed by atoms with Crippen molar-refractivity contribution in [2.75, 3.05) is 6.16 Å². The number of hydrogen-bond acceptors (Lipinski definition) is 0. The van der Waals surface area contributed by atoms with Crippen LogP contribution in [0.4, 0.5) is 0 Å². The Bertz CT molecular complexity index is 276. The van der Waals surface area contributed by atoms with Crippen molar-refractivity contribution in [1.82, 2.24) is 0 Å². The predicted molar refractivity (Wildman–Crippen MR) is 56.5 cm³/mol. The van der Waals surface area contributed by atoms with Crippen molar-refractivity contribution in [3.63, 3.8) is 0 Å². The molecule has 0 amide bonds. The second kappa shape index (κ2) is 3.41. The number of benzene rings is 1. The van der Waals surface area contributed by atoms with Crippen LogP contribution in [0.15, 0.2) is 42.5 Å². The normalized spacial score (nSPS) is 27.8. The zero-order valence-electron chi connectivity index (χ0n) is 7.27. The molecule has 0 nitrogen and oxygen atoms in total. The van der Waals surface area contributed by atoms with Crippen LogP contribution in [-0.2, 0) is 0 Å². The Morgan fingerprint density at radius 2 is 2.00 bits per heavy atom. The third kappa shape index (κ3) is 1.44. The molecule has 0 unspecified atom stereocenters. The lowest BCUT2D eigenvalue weighted by atomic mass is 10.4. The van der Waals surface area contributed by atoms with Gasteiger partial charge in [0.1, 0.15) is 0 Å². The van der Waals surface area contributed by atoms with Gasteiger partial charge in [-0.2, -0.15) is 0 Å². The molecule has 62 valence electrons. The molecule has 1 heterocycles. The SMILES string of the molecule is C[C@H]1C=CC[P@@]1c1ccccc1. The van der Waals surface area contributed by atoms with E-state index in [1.807, 2.05) is 0 Å². The standard InChI is InChI=1S/C11H13P/c1-10-6-5-9-12(10)11-7-3-2-4-8-11/h2-8,10H,9H2,1H3/t10-,12+/m0/s1. The van der Waals surface area contributed by atoms with Crippen LogP contribution in [0.25, 0.3) is 0 Å². The first kappa shape index (κ1) is 8.01. The molecule has 0 bridgehead atoms. The van der Waals surface area contributed by atoms with Crippen LogP contribution in [0.2, 0.25) is 0 Å². The molecule has 1 aliphatic heterocycles. The van der Waals surface area contributed by atoms with Crippen LogP contribution in [0.3, 0.4) is 0 Å². The van der Waals surface area contributed by atoms with E-state index in [0.29, 0.717) is 0 Å². The summed E-state index contributed by atoms with van der Waals surface area (Å²) in [5.41, 5.74) is 0.780. The van der Waals surface area contributed by atoms with E-state index >= 15 is 0 Å². The van der Waals surface area contributed by atoms with Gasteiger partial charge in [-0.3, -0.25) is 0 Å². The summed E-state index contributed by atoms with van der Waals surface area (Å²) in [6.45, 7) is 2.32. The second-order valence-electron chi connectivity index (χ2n) is 3.16. The summed E-state index contributed by atoms with van der Waals surface area (Å²) < 4.78 is 0. The van der Waals surface area contributed by atoms with Crippen molar-refractivity contribution in [2.24, 2.45) is 0 Å². The lowest BCUT2D eigenvalue weighted by Gasteiger charge is -2.15. The fourth-order valence-electron chi connectivity index (χ4n) is 1.60. The minimum Gasteiger partial charge on any atom is -0.0833 e. The molecule has 0 aromatic heterocycles. The Morgan fingerprint density at radius 1 is 1.25 bits per heavy atom. The molecule has 2 atom stereocenters. The van der Waals surface area contributed by atoms with Gasteiger partial charge in [-0.05, 0) is 17.1 Å². The van der Waals surface area contributed by atoms with E-state index in [0.717, 1.165) is 5.66 Å². The highest BCUT2D eigenvalue weighted by Crippen LogP contribution is 2.44. The van der Waals surface area contributed by atoms with Crippen LogP contribution >= 0.6 is 7.92 Å². The molecule has 2 rings (SSSR count). The quantitative estimate of drug-likeness (QED) is 0.456. The third-order valence-corrected chi connectivity index (χ3v) is 5.02.